The Labute approximate surface area is 145 Å². The van der Waals surface area contributed by atoms with Crippen LogP contribution in [0.15, 0.2) is 47.6 Å². The minimum atomic E-state index is -0.299. The second-order valence-corrected chi connectivity index (χ2v) is 5.15. The molecule has 0 amide bonds. The molecule has 0 aromatic heterocycles. The highest BCUT2D eigenvalue weighted by atomic mass is 32.1. The number of methoxy groups -OCH3 is 1. The molecule has 7 heteroatoms. The van der Waals surface area contributed by atoms with Gasteiger partial charge in [0.05, 0.1) is 13.3 Å². The molecule has 0 unspecified atom stereocenters. The van der Waals surface area contributed by atoms with Crippen molar-refractivity contribution in [3.63, 3.8) is 0 Å². The maximum Gasteiger partial charge on any atom is 0.186 e. The zero-order valence-electron chi connectivity index (χ0n) is 13.4. The lowest BCUT2D eigenvalue weighted by molar-refractivity contribution is 0.279. The average Bonchev–Trinajstić information content (AvgIpc) is 2.61. The van der Waals surface area contributed by atoms with Gasteiger partial charge in [0.25, 0.3) is 0 Å². The first kappa shape index (κ1) is 17.7. The van der Waals surface area contributed by atoms with Crippen molar-refractivity contribution in [2.75, 3.05) is 14.2 Å². The molecule has 0 aliphatic rings. The quantitative estimate of drug-likeness (QED) is 0.478. The van der Waals surface area contributed by atoms with E-state index >= 15 is 0 Å². The van der Waals surface area contributed by atoms with Crippen molar-refractivity contribution in [2.45, 2.75) is 6.61 Å². The van der Waals surface area contributed by atoms with Crippen molar-refractivity contribution in [1.82, 2.24) is 10.7 Å². The molecule has 5 nitrogen and oxygen atoms in total. The monoisotopic (exact) mass is 347 g/mol. The van der Waals surface area contributed by atoms with Gasteiger partial charge in [0.2, 0.25) is 0 Å². The number of rotatable bonds is 6. The number of hydrazone groups is 1. The van der Waals surface area contributed by atoms with E-state index in [0.717, 1.165) is 5.56 Å². The predicted molar refractivity (Wildman–Crippen MR) is 96.1 cm³/mol. The summed E-state index contributed by atoms with van der Waals surface area (Å²) in [5, 5.41) is 7.17. The van der Waals surface area contributed by atoms with Gasteiger partial charge in [-0.1, -0.05) is 18.2 Å². The van der Waals surface area contributed by atoms with E-state index in [1.165, 1.54) is 6.07 Å². The summed E-state index contributed by atoms with van der Waals surface area (Å²) in [5.41, 5.74) is 3.95. The summed E-state index contributed by atoms with van der Waals surface area (Å²) in [7, 11) is 3.25. The van der Waals surface area contributed by atoms with Gasteiger partial charge in [0.1, 0.15) is 12.4 Å². The molecule has 2 aromatic rings. The van der Waals surface area contributed by atoms with Crippen LogP contribution in [-0.4, -0.2) is 25.5 Å². The fourth-order valence-corrected chi connectivity index (χ4v) is 1.93. The third kappa shape index (κ3) is 4.92. The van der Waals surface area contributed by atoms with Crippen molar-refractivity contribution in [2.24, 2.45) is 5.10 Å². The Morgan fingerprint density at radius 1 is 1.25 bits per heavy atom. The summed E-state index contributed by atoms with van der Waals surface area (Å²) >= 11 is 4.92. The van der Waals surface area contributed by atoms with Crippen LogP contribution < -0.4 is 20.2 Å². The molecule has 0 heterocycles. The highest BCUT2D eigenvalue weighted by Crippen LogP contribution is 2.28. The van der Waals surface area contributed by atoms with Crippen LogP contribution in [0, 0.1) is 5.82 Å². The Morgan fingerprint density at radius 2 is 2.04 bits per heavy atom. The Hall–Kier alpha value is -2.67. The Bertz CT molecular complexity index is 738. The SMILES string of the molecule is CNC(=S)NN=Cc1ccc(OCc2ccccc2F)c(OC)c1. The predicted octanol–water partition coefficient (Wildman–Crippen LogP) is 2.84. The molecule has 0 radical (unpaired) electrons. The largest absolute Gasteiger partial charge is 0.493 e. The lowest BCUT2D eigenvalue weighted by Gasteiger charge is -2.11. The van der Waals surface area contributed by atoms with Gasteiger partial charge in [0.15, 0.2) is 16.6 Å². The summed E-state index contributed by atoms with van der Waals surface area (Å²) < 4.78 is 24.6. The number of benzene rings is 2. The van der Waals surface area contributed by atoms with Crippen molar-refractivity contribution in [3.8, 4) is 11.5 Å². The normalized spacial score (nSPS) is 10.5. The van der Waals surface area contributed by atoms with Crippen LogP contribution in [0.1, 0.15) is 11.1 Å². The first-order valence-electron chi connectivity index (χ1n) is 7.19. The molecular weight excluding hydrogens is 329 g/mol. The van der Waals surface area contributed by atoms with Gasteiger partial charge in [0, 0.05) is 12.6 Å². The van der Waals surface area contributed by atoms with Crippen molar-refractivity contribution >= 4 is 23.5 Å². The van der Waals surface area contributed by atoms with Crippen LogP contribution in [-0.2, 0) is 6.61 Å². The maximum absolute atomic E-state index is 13.6. The van der Waals surface area contributed by atoms with E-state index in [0.29, 0.717) is 22.2 Å². The summed E-state index contributed by atoms with van der Waals surface area (Å²) in [5.74, 6) is 0.759. The number of halogens is 1. The van der Waals surface area contributed by atoms with E-state index < -0.39 is 0 Å². The second-order valence-electron chi connectivity index (χ2n) is 4.74. The first-order chi connectivity index (χ1) is 11.6. The van der Waals surface area contributed by atoms with Crippen LogP contribution in [0.25, 0.3) is 0 Å². The summed E-state index contributed by atoms with van der Waals surface area (Å²) in [6.07, 6.45) is 1.60. The molecule has 0 spiro atoms. The van der Waals surface area contributed by atoms with Crippen molar-refractivity contribution in [3.05, 3.63) is 59.4 Å². The van der Waals surface area contributed by atoms with Gasteiger partial charge in [-0.05, 0) is 42.0 Å². The number of hydrogen-bond acceptors (Lipinski definition) is 4. The topological polar surface area (TPSA) is 54.9 Å². The fourth-order valence-electron chi connectivity index (χ4n) is 1.88. The standard InChI is InChI=1S/C17H18FN3O2S/c1-19-17(24)21-20-10-12-7-8-15(16(9-12)22-2)23-11-13-5-3-4-6-14(13)18/h3-10H,11H2,1-2H3,(H2,19,21,24). The first-order valence-corrected chi connectivity index (χ1v) is 7.60. The van der Waals surface area contributed by atoms with E-state index in [1.807, 2.05) is 6.07 Å². The Balaban J connectivity index is 2.06. The minimum absolute atomic E-state index is 0.120. The van der Waals surface area contributed by atoms with Crippen LogP contribution in [0.2, 0.25) is 0 Å². The average molecular weight is 347 g/mol. The van der Waals surface area contributed by atoms with Crippen molar-refractivity contribution < 1.29 is 13.9 Å². The van der Waals surface area contributed by atoms with Crippen LogP contribution in [0.4, 0.5) is 4.39 Å². The summed E-state index contributed by atoms with van der Waals surface area (Å²) in [4.78, 5) is 0. The molecule has 0 atom stereocenters. The molecule has 0 saturated carbocycles. The maximum atomic E-state index is 13.6. The molecule has 0 bridgehead atoms. The zero-order chi connectivity index (χ0) is 17.4. The molecule has 0 fully saturated rings. The molecule has 0 aliphatic carbocycles. The van der Waals surface area contributed by atoms with E-state index in [4.69, 9.17) is 21.7 Å². The number of nitrogens with one attached hydrogen (secondary N) is 2. The lowest BCUT2D eigenvalue weighted by Crippen LogP contribution is -2.28. The fraction of sp³-hybridized carbons (Fsp3) is 0.176. The smallest absolute Gasteiger partial charge is 0.186 e. The minimum Gasteiger partial charge on any atom is -0.493 e. The van der Waals surface area contributed by atoms with Crippen LogP contribution in [0.3, 0.4) is 0 Å². The molecular formula is C17H18FN3O2S. The van der Waals surface area contributed by atoms with Crippen LogP contribution >= 0.6 is 12.2 Å². The van der Waals surface area contributed by atoms with Crippen LogP contribution in [0.5, 0.6) is 11.5 Å². The Morgan fingerprint density at radius 3 is 2.75 bits per heavy atom. The number of ether oxygens (including phenoxy) is 2. The zero-order valence-corrected chi connectivity index (χ0v) is 14.2. The van der Waals surface area contributed by atoms with Gasteiger partial charge < -0.3 is 14.8 Å². The highest BCUT2D eigenvalue weighted by molar-refractivity contribution is 7.80. The van der Waals surface area contributed by atoms with Gasteiger partial charge >= 0.3 is 0 Å². The lowest BCUT2D eigenvalue weighted by atomic mass is 10.2. The van der Waals surface area contributed by atoms with Gasteiger partial charge in [-0.25, -0.2) is 4.39 Å². The summed E-state index contributed by atoms with van der Waals surface area (Å²) in [6.45, 7) is 0.120. The molecule has 0 saturated heterocycles. The Kier molecular flexibility index (Phi) is 6.51. The molecule has 24 heavy (non-hydrogen) atoms. The van der Waals surface area contributed by atoms with Gasteiger partial charge in [-0.3, -0.25) is 5.43 Å². The number of thiocarbonyl (C=S) groups is 1. The molecule has 2 N–H and O–H groups in total. The second kappa shape index (κ2) is 8.83. The van der Waals surface area contributed by atoms with Gasteiger partial charge in [-0.2, -0.15) is 5.10 Å². The molecule has 2 aromatic carbocycles. The third-order valence-corrected chi connectivity index (χ3v) is 3.43. The highest BCUT2D eigenvalue weighted by Gasteiger charge is 2.07. The molecule has 126 valence electrons. The van der Waals surface area contributed by atoms with E-state index in [9.17, 15) is 4.39 Å². The molecule has 2 rings (SSSR count). The van der Waals surface area contributed by atoms with E-state index in [1.54, 1.807) is 50.7 Å². The van der Waals surface area contributed by atoms with Crippen molar-refractivity contribution in [1.29, 1.82) is 0 Å². The summed E-state index contributed by atoms with van der Waals surface area (Å²) in [6, 6.07) is 11.8. The van der Waals surface area contributed by atoms with E-state index in [2.05, 4.69) is 15.8 Å². The number of hydrogen-bond donors (Lipinski definition) is 2. The van der Waals surface area contributed by atoms with E-state index in [-0.39, 0.29) is 12.4 Å². The molecule has 0 aliphatic heterocycles. The number of nitrogens with zero attached hydrogens (tertiary/aromatic N) is 1. The van der Waals surface area contributed by atoms with Gasteiger partial charge in [-0.15, -0.1) is 0 Å². The third-order valence-electron chi connectivity index (χ3n) is 3.14.